The van der Waals surface area contributed by atoms with Crippen LogP contribution in [0.2, 0.25) is 0 Å². The fraction of sp³-hybridized carbons (Fsp3) is 0.800. The van der Waals surface area contributed by atoms with E-state index < -0.39 is 0 Å². The summed E-state index contributed by atoms with van der Waals surface area (Å²) < 4.78 is 4.40. The van der Waals surface area contributed by atoms with Crippen LogP contribution in [-0.4, -0.2) is 14.2 Å². The molecule has 2 rings (SSSR count). The van der Waals surface area contributed by atoms with Crippen molar-refractivity contribution in [3.8, 4) is 0 Å². The molecular weight excluding hydrogens is 260 g/mol. The Morgan fingerprint density at radius 3 is 2.79 bits per heavy atom. The second kappa shape index (κ2) is 4.27. The molecule has 0 aliphatic heterocycles. The van der Waals surface area contributed by atoms with Gasteiger partial charge in [-0.05, 0) is 30.3 Å². The average Bonchev–Trinajstić information content (AvgIpc) is 2.88. The number of alkyl halides is 1. The van der Waals surface area contributed by atoms with Gasteiger partial charge in [-0.1, -0.05) is 29.8 Å². The van der Waals surface area contributed by atoms with Gasteiger partial charge in [0.1, 0.15) is 10.8 Å². The molecule has 0 spiro atoms. The highest BCUT2D eigenvalue weighted by Gasteiger charge is 2.28. The van der Waals surface area contributed by atoms with Crippen molar-refractivity contribution in [3.63, 3.8) is 0 Å². The molecule has 1 aromatic heterocycles. The first-order valence-corrected chi connectivity index (χ1v) is 6.82. The SMILES string of the molecule is CC(C)C(Br)Cc1nc(C2CC2)ns1. The van der Waals surface area contributed by atoms with Gasteiger partial charge < -0.3 is 0 Å². The van der Waals surface area contributed by atoms with E-state index in [1.165, 1.54) is 17.8 Å². The number of hydrogen-bond donors (Lipinski definition) is 0. The first kappa shape index (κ1) is 10.6. The lowest BCUT2D eigenvalue weighted by Crippen LogP contribution is -2.10. The van der Waals surface area contributed by atoms with Gasteiger partial charge in [-0.15, -0.1) is 0 Å². The van der Waals surface area contributed by atoms with Crippen LogP contribution in [0.5, 0.6) is 0 Å². The van der Waals surface area contributed by atoms with Crippen LogP contribution in [0, 0.1) is 5.92 Å². The van der Waals surface area contributed by atoms with Gasteiger partial charge in [-0.3, -0.25) is 0 Å². The van der Waals surface area contributed by atoms with Crippen molar-refractivity contribution >= 4 is 27.5 Å². The van der Waals surface area contributed by atoms with E-state index in [2.05, 4.69) is 39.1 Å². The van der Waals surface area contributed by atoms with Crippen molar-refractivity contribution in [2.24, 2.45) is 5.92 Å². The minimum Gasteiger partial charge on any atom is -0.224 e. The first-order chi connectivity index (χ1) is 6.66. The smallest absolute Gasteiger partial charge is 0.145 e. The highest BCUT2D eigenvalue weighted by atomic mass is 79.9. The molecule has 0 amide bonds. The normalized spacial score (nSPS) is 18.9. The Labute approximate surface area is 97.4 Å². The molecule has 4 heteroatoms. The Morgan fingerprint density at radius 1 is 1.50 bits per heavy atom. The zero-order valence-electron chi connectivity index (χ0n) is 8.53. The number of hydrogen-bond acceptors (Lipinski definition) is 3. The fourth-order valence-electron chi connectivity index (χ4n) is 1.26. The summed E-state index contributed by atoms with van der Waals surface area (Å²) in [6.45, 7) is 4.45. The molecule has 0 bridgehead atoms. The number of aromatic nitrogens is 2. The van der Waals surface area contributed by atoms with Crippen LogP contribution in [0.1, 0.15) is 43.4 Å². The number of halogens is 1. The maximum atomic E-state index is 4.57. The van der Waals surface area contributed by atoms with Gasteiger partial charge in [0.05, 0.1) is 0 Å². The van der Waals surface area contributed by atoms with E-state index in [0.29, 0.717) is 16.7 Å². The van der Waals surface area contributed by atoms with E-state index in [0.717, 1.165) is 12.2 Å². The topological polar surface area (TPSA) is 25.8 Å². The van der Waals surface area contributed by atoms with E-state index in [1.807, 2.05) is 0 Å². The standard InChI is InChI=1S/C10H15BrN2S/c1-6(2)8(11)5-9-12-10(13-14-9)7-3-4-7/h6-8H,3-5H2,1-2H3. The molecule has 78 valence electrons. The van der Waals surface area contributed by atoms with Gasteiger partial charge >= 0.3 is 0 Å². The van der Waals surface area contributed by atoms with Crippen LogP contribution < -0.4 is 0 Å². The van der Waals surface area contributed by atoms with E-state index in [-0.39, 0.29) is 0 Å². The molecule has 1 aromatic rings. The summed E-state index contributed by atoms with van der Waals surface area (Å²) in [4.78, 5) is 5.10. The second-order valence-electron chi connectivity index (χ2n) is 4.28. The van der Waals surface area contributed by atoms with Crippen LogP contribution in [-0.2, 0) is 6.42 Å². The van der Waals surface area contributed by atoms with Crippen molar-refractivity contribution < 1.29 is 0 Å². The highest BCUT2D eigenvalue weighted by molar-refractivity contribution is 9.09. The summed E-state index contributed by atoms with van der Waals surface area (Å²) in [5, 5.41) is 1.18. The van der Waals surface area contributed by atoms with Crippen molar-refractivity contribution in [1.29, 1.82) is 0 Å². The van der Waals surface area contributed by atoms with E-state index >= 15 is 0 Å². The minimum absolute atomic E-state index is 0.530. The van der Waals surface area contributed by atoms with Crippen LogP contribution >= 0.6 is 27.5 Å². The van der Waals surface area contributed by atoms with Crippen LogP contribution in [0.4, 0.5) is 0 Å². The molecule has 1 aliphatic carbocycles. The second-order valence-corrected chi connectivity index (χ2v) is 6.30. The van der Waals surface area contributed by atoms with Gasteiger partial charge in [0, 0.05) is 17.2 Å². The molecule has 0 radical (unpaired) electrons. The Morgan fingerprint density at radius 2 is 2.21 bits per heavy atom. The maximum Gasteiger partial charge on any atom is 0.145 e. The van der Waals surface area contributed by atoms with Crippen molar-refractivity contribution in [2.75, 3.05) is 0 Å². The molecule has 0 N–H and O–H groups in total. The predicted octanol–water partition coefficient (Wildman–Crippen LogP) is 3.38. The van der Waals surface area contributed by atoms with Crippen LogP contribution in [0.15, 0.2) is 0 Å². The van der Waals surface area contributed by atoms with Gasteiger partial charge in [-0.2, -0.15) is 4.37 Å². The summed E-state index contributed by atoms with van der Waals surface area (Å²) in [5.74, 6) is 2.43. The molecular formula is C10H15BrN2S. The molecule has 1 aliphatic rings. The lowest BCUT2D eigenvalue weighted by atomic mass is 10.1. The lowest BCUT2D eigenvalue weighted by Gasteiger charge is -2.10. The Hall–Kier alpha value is 0.0400. The molecule has 0 saturated heterocycles. The van der Waals surface area contributed by atoms with Gasteiger partial charge in [0.25, 0.3) is 0 Å². The van der Waals surface area contributed by atoms with Gasteiger partial charge in [0.15, 0.2) is 0 Å². The van der Waals surface area contributed by atoms with Gasteiger partial charge in [-0.25, -0.2) is 4.98 Å². The Kier molecular flexibility index (Phi) is 3.22. The minimum atomic E-state index is 0.530. The van der Waals surface area contributed by atoms with Gasteiger partial charge in [0.2, 0.25) is 0 Å². The average molecular weight is 275 g/mol. The molecule has 1 unspecified atom stereocenters. The number of rotatable bonds is 4. The van der Waals surface area contributed by atoms with Crippen molar-refractivity contribution in [3.05, 3.63) is 10.8 Å². The maximum absolute atomic E-state index is 4.57. The monoisotopic (exact) mass is 274 g/mol. The van der Waals surface area contributed by atoms with E-state index in [1.54, 1.807) is 11.5 Å². The van der Waals surface area contributed by atoms with Crippen LogP contribution in [0.3, 0.4) is 0 Å². The molecule has 1 saturated carbocycles. The summed E-state index contributed by atoms with van der Waals surface area (Å²) >= 11 is 5.25. The molecule has 1 fully saturated rings. The molecule has 1 atom stereocenters. The quantitative estimate of drug-likeness (QED) is 0.787. The summed E-state index contributed by atoms with van der Waals surface area (Å²) in [6, 6.07) is 0. The number of nitrogens with zero attached hydrogens (tertiary/aromatic N) is 2. The zero-order chi connectivity index (χ0) is 10.1. The van der Waals surface area contributed by atoms with E-state index in [9.17, 15) is 0 Å². The third kappa shape index (κ3) is 2.54. The third-order valence-electron chi connectivity index (χ3n) is 2.52. The summed E-state index contributed by atoms with van der Waals surface area (Å²) in [6.07, 6.45) is 3.60. The fourth-order valence-corrected chi connectivity index (χ4v) is 2.56. The predicted molar refractivity (Wildman–Crippen MR) is 63.1 cm³/mol. The lowest BCUT2D eigenvalue weighted by molar-refractivity contribution is 0.611. The Balaban J connectivity index is 1.95. The highest BCUT2D eigenvalue weighted by Crippen LogP contribution is 2.38. The molecule has 14 heavy (non-hydrogen) atoms. The summed E-state index contributed by atoms with van der Waals surface area (Å²) in [5.41, 5.74) is 0. The zero-order valence-corrected chi connectivity index (χ0v) is 10.9. The van der Waals surface area contributed by atoms with Crippen molar-refractivity contribution in [1.82, 2.24) is 9.36 Å². The molecule has 0 aromatic carbocycles. The first-order valence-electron chi connectivity index (χ1n) is 5.13. The largest absolute Gasteiger partial charge is 0.224 e. The third-order valence-corrected chi connectivity index (χ3v) is 4.65. The molecule has 2 nitrogen and oxygen atoms in total. The Bertz CT molecular complexity index is 307. The molecule has 1 heterocycles. The summed E-state index contributed by atoms with van der Waals surface area (Å²) in [7, 11) is 0. The van der Waals surface area contributed by atoms with Crippen molar-refractivity contribution in [2.45, 2.75) is 43.9 Å². The van der Waals surface area contributed by atoms with Crippen LogP contribution in [0.25, 0.3) is 0 Å². The van der Waals surface area contributed by atoms with E-state index in [4.69, 9.17) is 0 Å².